The first-order valence-electron chi connectivity index (χ1n) is 45.7. The number of thiophene rings is 4. The van der Waals surface area contributed by atoms with Crippen LogP contribution in [-0.4, -0.2) is 300 Å². The third-order valence-corrected chi connectivity index (χ3v) is 36.2. The van der Waals surface area contributed by atoms with Gasteiger partial charge in [0, 0.05) is 211 Å². The Balaban J connectivity index is 0.000000160. The van der Waals surface area contributed by atoms with E-state index in [0.29, 0.717) is 100 Å². The van der Waals surface area contributed by atoms with Crippen LogP contribution in [0, 0.1) is 11.3 Å². The summed E-state index contributed by atoms with van der Waals surface area (Å²) >= 11 is 20.1. The van der Waals surface area contributed by atoms with E-state index in [0.717, 1.165) is 56.4 Å². The van der Waals surface area contributed by atoms with E-state index in [-0.39, 0.29) is 176 Å². The maximum absolute atomic E-state index is 13.7. The number of halogens is 3. The summed E-state index contributed by atoms with van der Waals surface area (Å²) in [6, 6.07) is 35.7. The first kappa shape index (κ1) is 108. The van der Waals surface area contributed by atoms with Gasteiger partial charge in [-0.1, -0.05) is 78.3 Å². The normalized spacial score (nSPS) is 14.6. The van der Waals surface area contributed by atoms with Crippen molar-refractivity contribution in [3.63, 3.8) is 0 Å². The van der Waals surface area contributed by atoms with Gasteiger partial charge in [0.1, 0.15) is 62.4 Å². The highest BCUT2D eigenvalue weighted by molar-refractivity contribution is 9.10. The monoisotopic (exact) mass is 2210 g/mol. The van der Waals surface area contributed by atoms with Gasteiger partial charge in [-0.25, -0.2) is 77.8 Å². The molecule has 0 bridgehead atoms. The van der Waals surface area contributed by atoms with E-state index in [1.807, 2.05) is 124 Å². The van der Waals surface area contributed by atoms with E-state index >= 15 is 0 Å². The lowest BCUT2D eigenvalue weighted by Crippen LogP contribution is -2.50. The molecule has 0 radical (unpaired) electrons. The van der Waals surface area contributed by atoms with Crippen LogP contribution in [0.25, 0.3) is 40.3 Å². The van der Waals surface area contributed by atoms with Crippen LogP contribution < -0.4 is 52.3 Å². The number of benzene rings is 4. The molecule has 51 heteroatoms. The van der Waals surface area contributed by atoms with Crippen LogP contribution in [-0.2, 0) is 40.1 Å². The van der Waals surface area contributed by atoms with Crippen molar-refractivity contribution in [1.82, 2.24) is 83.0 Å². The summed E-state index contributed by atoms with van der Waals surface area (Å²) in [5.41, 5.74) is 1.95. The lowest BCUT2D eigenvalue weighted by atomic mass is 10.1. The Morgan fingerprint density at radius 1 is 0.371 bits per heavy atom. The maximum Gasteiger partial charge on any atom is 0.319 e. The second-order valence-electron chi connectivity index (χ2n) is 31.9. The van der Waals surface area contributed by atoms with Gasteiger partial charge < -0.3 is 50.7 Å². The molecule has 758 valence electrons. The Kier molecular flexibility index (Phi) is 36.8. The summed E-state index contributed by atoms with van der Waals surface area (Å²) in [5.74, 6) is 0.346. The second-order valence-corrected chi connectivity index (χ2v) is 45.4. The molecule has 12 aromatic rings. The quantitative estimate of drug-likeness (QED) is 0.0184. The molecule has 0 unspecified atom stereocenters. The Morgan fingerprint density at radius 3 is 1.01 bits per heavy atom. The van der Waals surface area contributed by atoms with Crippen molar-refractivity contribution in [1.29, 1.82) is 5.26 Å². The van der Waals surface area contributed by atoms with Gasteiger partial charge in [0.25, 0.3) is 23.6 Å². The zero-order valence-electron chi connectivity index (χ0n) is 79.0. The Morgan fingerprint density at radius 2 is 0.685 bits per heavy atom. The molecule has 16 rings (SSSR count). The Labute approximate surface area is 861 Å². The summed E-state index contributed by atoms with van der Waals surface area (Å²) in [5, 5.41) is 36.1. The third-order valence-electron chi connectivity index (χ3n) is 23.4. The first-order valence-corrected chi connectivity index (χ1v) is 56.2. The predicted octanol–water partition coefficient (Wildman–Crippen LogP) is 13.4. The molecule has 4 fully saturated rings. The summed E-state index contributed by atoms with van der Waals surface area (Å²) in [7, 11) is -15.1. The smallest absolute Gasteiger partial charge is 0.319 e. The van der Waals surface area contributed by atoms with Gasteiger partial charge in [-0.05, 0) is 138 Å². The molecule has 4 aliphatic heterocycles. The van der Waals surface area contributed by atoms with Crippen LogP contribution in [0.15, 0.2) is 176 Å². The zero-order chi connectivity index (χ0) is 103. The molecule has 0 saturated carbocycles. The van der Waals surface area contributed by atoms with Gasteiger partial charge in [0.2, 0.25) is 45.4 Å². The number of carbonyl (C=O) groups excluding carboxylic acids is 8. The number of piperazine rings is 4. The number of nitrogens with zero attached hydrogens (tertiary/aromatic N) is 16. The van der Waals surface area contributed by atoms with Gasteiger partial charge >= 0.3 is 24.1 Å². The standard InChI is InChI=1S/C26H31N7O4S2.C25H31BrN6O4S2.C21H22ClN5O4S2.C20H21ClN6O4S2/c1-4-28-26(35)30-24-22(20-9-7-8-18(16-27)23(20)38-24)25(34)32-12-14-33(15-13-32)39(36,37)19-10-11-21(29-17-19)31(5-2)6-3;1-4-27-25(34)29-23-21(18-9-7-8-10-20(18)37-23)24(33)31-11-13-32(14-12-31)38(35,36)17-15-19(26)22(28-16-17)30(5-2)6-3;1-2-23-21(29)25-19-18(15-5-3-4-6-16(15)32-19)20(28)26-9-11-27(12-10-26)33(30,31)14-7-8-17(22)24-13-14;1-2-22-20(29)25-17-16(14-5-3-4-6-15(14)32-17)18(28)26-7-9-27(10-8-26)33(30,31)13-11-23-19(21)24-12-13/h7-11,17H,4-6,12-15H2,1-3H3,(H2,28,30,35);7-10,15-16H,4-6,11-14H2,1-3H3,(H2,27,29,34);3-8,13H,2,9-12H2,1H3,(H2,23,25,29);3-6,11-12H,2,7-10H2,1H3,(H2,22,25,29). The predicted molar refractivity (Wildman–Crippen MR) is 561 cm³/mol. The van der Waals surface area contributed by atoms with E-state index in [9.17, 15) is 77.3 Å². The zero-order valence-corrected chi connectivity index (χ0v) is 88.6. The molecule has 0 aliphatic carbocycles. The largest absolute Gasteiger partial charge is 0.357 e. The van der Waals surface area contributed by atoms with Crippen LogP contribution in [0.5, 0.6) is 0 Å². The molecular weight excluding hydrogens is 2100 g/mol. The lowest BCUT2D eigenvalue weighted by Gasteiger charge is -2.34. The molecule has 40 nitrogen and oxygen atoms in total. The van der Waals surface area contributed by atoms with Crippen LogP contribution in [0.2, 0.25) is 10.4 Å². The molecule has 0 spiro atoms. The minimum Gasteiger partial charge on any atom is -0.357 e. The van der Waals surface area contributed by atoms with E-state index < -0.39 is 46.1 Å². The molecule has 12 amide bonds. The number of nitriles is 1. The molecular formula is C92H105BrCl2N24O16S8. The third kappa shape index (κ3) is 25.0. The average Bonchev–Trinajstić information content (AvgIpc) is 1.64. The van der Waals surface area contributed by atoms with Gasteiger partial charge in [-0.15, -0.1) is 45.3 Å². The number of aromatic nitrogens is 5. The highest BCUT2D eigenvalue weighted by Gasteiger charge is 2.40. The van der Waals surface area contributed by atoms with Crippen molar-refractivity contribution in [3.05, 3.63) is 195 Å². The van der Waals surface area contributed by atoms with Crippen molar-refractivity contribution >= 4 is 244 Å². The van der Waals surface area contributed by atoms with Gasteiger partial charge in [-0.2, -0.15) is 22.5 Å². The molecule has 4 saturated heterocycles. The minimum absolute atomic E-state index is 0.0376. The topological polar surface area (TPSA) is 490 Å². The minimum atomic E-state index is -3.80. The number of urea groups is 4. The number of hydrogen-bond acceptors (Lipinski definition) is 28. The lowest BCUT2D eigenvalue weighted by molar-refractivity contribution is 0.0695. The highest BCUT2D eigenvalue weighted by atomic mass is 79.9. The van der Waals surface area contributed by atoms with Gasteiger partial charge in [-0.3, -0.25) is 40.4 Å². The SMILES string of the molecule is CCNC(=O)Nc1sc2c(C#N)cccc2c1C(=O)N1CCN(S(=O)(=O)c2ccc(N(CC)CC)nc2)CC1.CCNC(=O)Nc1sc2ccccc2c1C(=O)N1CCN(S(=O)(=O)c2ccc(Cl)nc2)CC1.CCNC(=O)Nc1sc2ccccc2c1C(=O)N1CCN(S(=O)(=O)c2cnc(Cl)nc2)CC1.CCNC(=O)Nc1sc2ccccc2c1C(=O)N1CCN(S(=O)(=O)c2cnc(N(CC)CC)c(Br)c2)CC1. The average molecular weight is 2210 g/mol. The van der Waals surface area contributed by atoms with Crippen LogP contribution in [0.1, 0.15) is 102 Å². The fourth-order valence-electron chi connectivity index (χ4n) is 16.0. The van der Waals surface area contributed by atoms with Crippen molar-refractivity contribution in [2.24, 2.45) is 0 Å². The summed E-state index contributed by atoms with van der Waals surface area (Å²) in [6.45, 7) is 22.9. The number of rotatable bonds is 26. The molecule has 12 heterocycles. The van der Waals surface area contributed by atoms with Crippen molar-refractivity contribution in [3.8, 4) is 6.07 Å². The van der Waals surface area contributed by atoms with E-state index in [4.69, 9.17) is 23.2 Å². The number of amides is 12. The molecule has 143 heavy (non-hydrogen) atoms. The van der Waals surface area contributed by atoms with Gasteiger partial charge in [0.05, 0.1) is 49.4 Å². The highest BCUT2D eigenvalue weighted by Crippen LogP contribution is 2.43. The van der Waals surface area contributed by atoms with Gasteiger partial charge in [0.15, 0.2) is 0 Å². The van der Waals surface area contributed by atoms with Crippen molar-refractivity contribution < 1.29 is 72.0 Å². The molecule has 0 atom stereocenters. The second kappa shape index (κ2) is 48.6. The fraction of sp³-hybridized carbons (Fsp3) is 0.348. The Bertz CT molecular complexity index is 7010. The number of carbonyl (C=O) groups is 8. The molecule has 4 aromatic carbocycles. The number of sulfonamides is 4. The summed E-state index contributed by atoms with van der Waals surface area (Å²) in [4.78, 5) is 134. The summed E-state index contributed by atoms with van der Waals surface area (Å²) < 4.78 is 114. The van der Waals surface area contributed by atoms with Crippen LogP contribution in [0.3, 0.4) is 0 Å². The number of hydrogen-bond donors (Lipinski definition) is 8. The van der Waals surface area contributed by atoms with Crippen molar-refractivity contribution in [2.75, 3.05) is 188 Å². The number of anilines is 6. The number of nitrogens with one attached hydrogen (secondary N) is 8. The number of fused-ring (bicyclic) bond motifs is 4. The number of pyridine rings is 3. The molecule has 4 aliphatic rings. The van der Waals surface area contributed by atoms with Crippen LogP contribution >= 0.6 is 84.5 Å². The molecule has 8 aromatic heterocycles. The Hall–Kier alpha value is -12.0. The van der Waals surface area contributed by atoms with E-state index in [1.54, 1.807) is 69.8 Å². The van der Waals surface area contributed by atoms with Crippen LogP contribution in [0.4, 0.5) is 50.8 Å². The van der Waals surface area contributed by atoms with E-state index in [1.165, 1.54) is 106 Å². The van der Waals surface area contributed by atoms with Crippen molar-refractivity contribution in [2.45, 2.75) is 75.0 Å². The first-order chi connectivity index (χ1) is 68.6. The summed E-state index contributed by atoms with van der Waals surface area (Å²) in [6.07, 6.45) is 6.33. The van der Waals surface area contributed by atoms with E-state index in [2.05, 4.69) is 89.5 Å². The fourth-order valence-corrected chi connectivity index (χ4v) is 26.9. The molecule has 8 N–H and O–H groups in total. The maximum atomic E-state index is 13.7.